The van der Waals surface area contributed by atoms with Crippen molar-refractivity contribution in [1.29, 1.82) is 0 Å². The molecule has 0 aliphatic heterocycles. The van der Waals surface area contributed by atoms with Crippen LogP contribution in [0, 0.1) is 6.92 Å². The van der Waals surface area contributed by atoms with E-state index in [0.29, 0.717) is 17.9 Å². The van der Waals surface area contributed by atoms with Gasteiger partial charge in [-0.05, 0) is 59.0 Å². The first kappa shape index (κ1) is 17.8. The molecule has 2 N–H and O–H groups in total. The fraction of sp³-hybridized carbons (Fsp3) is 0.429. The number of benzene rings is 1. The lowest BCUT2D eigenvalue weighted by molar-refractivity contribution is -0.142. The molecule has 0 bridgehead atoms. The summed E-state index contributed by atoms with van der Waals surface area (Å²) >= 11 is 4.89. The minimum atomic E-state index is -1.03. The Morgan fingerprint density at radius 3 is 2.76 bits per heavy atom. The highest BCUT2D eigenvalue weighted by Crippen LogP contribution is 2.25. The predicted octanol–water partition coefficient (Wildman–Crippen LogP) is 2.46. The molecule has 0 aliphatic rings. The van der Waals surface area contributed by atoms with Gasteiger partial charge >= 0.3 is 5.97 Å². The third-order valence-electron chi connectivity index (χ3n) is 2.69. The van der Waals surface area contributed by atoms with Gasteiger partial charge in [-0.25, -0.2) is 4.79 Å². The van der Waals surface area contributed by atoms with Crippen LogP contribution in [0.2, 0.25) is 0 Å². The zero-order chi connectivity index (χ0) is 15.8. The number of nitrogens with one attached hydrogen (secondary N) is 1. The molecule has 0 aromatic heterocycles. The van der Waals surface area contributed by atoms with Crippen molar-refractivity contribution < 1.29 is 19.4 Å². The highest BCUT2D eigenvalue weighted by atomic mass is 79.9. The fourth-order valence-electron chi connectivity index (χ4n) is 1.60. The molecule has 1 atom stereocenters. The monoisotopic (exact) mass is 375 g/mol. The van der Waals surface area contributed by atoms with Gasteiger partial charge in [0.15, 0.2) is 6.61 Å². The maximum atomic E-state index is 11.8. The number of carboxylic acid groups (broad SMARTS) is 1. The van der Waals surface area contributed by atoms with Crippen LogP contribution in [-0.4, -0.2) is 41.6 Å². The Bertz CT molecular complexity index is 510. The Labute approximate surface area is 136 Å². The number of ether oxygens (including phenoxy) is 1. The molecule has 0 fully saturated rings. The lowest BCUT2D eigenvalue weighted by Crippen LogP contribution is -2.43. The molecule has 0 heterocycles. The van der Waals surface area contributed by atoms with Crippen LogP contribution in [0.25, 0.3) is 0 Å². The van der Waals surface area contributed by atoms with Crippen LogP contribution in [0.5, 0.6) is 5.75 Å². The molecule has 1 aromatic rings. The van der Waals surface area contributed by atoms with Gasteiger partial charge in [0, 0.05) is 0 Å². The molecule has 0 aliphatic carbocycles. The molecule has 5 nitrogen and oxygen atoms in total. The van der Waals surface area contributed by atoms with E-state index in [4.69, 9.17) is 9.84 Å². The van der Waals surface area contributed by atoms with Gasteiger partial charge in [-0.2, -0.15) is 11.8 Å². The van der Waals surface area contributed by atoms with Crippen molar-refractivity contribution in [3.05, 3.63) is 28.2 Å². The third kappa shape index (κ3) is 6.39. The van der Waals surface area contributed by atoms with Crippen LogP contribution in [0.4, 0.5) is 0 Å². The van der Waals surface area contributed by atoms with Crippen LogP contribution in [0.15, 0.2) is 22.7 Å². The highest BCUT2D eigenvalue weighted by molar-refractivity contribution is 9.10. The number of halogens is 1. The van der Waals surface area contributed by atoms with Gasteiger partial charge in [-0.1, -0.05) is 6.07 Å². The summed E-state index contributed by atoms with van der Waals surface area (Å²) in [6, 6.07) is 4.63. The zero-order valence-corrected chi connectivity index (χ0v) is 14.3. The van der Waals surface area contributed by atoms with Crippen LogP contribution in [0.1, 0.15) is 12.0 Å². The number of carbonyl (C=O) groups is 2. The van der Waals surface area contributed by atoms with Gasteiger partial charge in [0.25, 0.3) is 5.91 Å². The fourth-order valence-corrected chi connectivity index (χ4v) is 2.67. The summed E-state index contributed by atoms with van der Waals surface area (Å²) < 4.78 is 6.14. The van der Waals surface area contributed by atoms with Gasteiger partial charge in [-0.15, -0.1) is 0 Å². The predicted molar refractivity (Wildman–Crippen MR) is 86.9 cm³/mol. The molecule has 0 saturated heterocycles. The van der Waals surface area contributed by atoms with Crippen molar-refractivity contribution >= 4 is 39.6 Å². The van der Waals surface area contributed by atoms with E-state index < -0.39 is 17.9 Å². The lowest BCUT2D eigenvalue weighted by Gasteiger charge is -2.14. The Balaban J connectivity index is 2.50. The van der Waals surface area contributed by atoms with Gasteiger partial charge in [0.1, 0.15) is 11.8 Å². The summed E-state index contributed by atoms with van der Waals surface area (Å²) in [6.07, 6.45) is 2.27. The van der Waals surface area contributed by atoms with E-state index in [-0.39, 0.29) is 6.61 Å². The molecule has 21 heavy (non-hydrogen) atoms. The van der Waals surface area contributed by atoms with E-state index in [1.54, 1.807) is 6.07 Å². The number of hydrogen-bond acceptors (Lipinski definition) is 4. The second kappa shape index (κ2) is 8.94. The van der Waals surface area contributed by atoms with Crippen molar-refractivity contribution in [1.82, 2.24) is 5.32 Å². The standard InChI is InChI=1S/C14H18BrNO4S/c1-9-3-4-12(10(15)7-9)20-8-13(17)16-11(14(18)19)5-6-21-2/h3-4,7,11H,5-6,8H2,1-2H3,(H,16,17)(H,18,19). The number of hydrogen-bond donors (Lipinski definition) is 2. The average Bonchev–Trinajstić information content (AvgIpc) is 2.42. The van der Waals surface area contributed by atoms with E-state index in [2.05, 4.69) is 21.2 Å². The molecule has 0 saturated carbocycles. The molecule has 1 unspecified atom stereocenters. The first-order valence-electron chi connectivity index (χ1n) is 6.34. The summed E-state index contributed by atoms with van der Waals surface area (Å²) in [5.74, 6) is -0.265. The van der Waals surface area contributed by atoms with Crippen molar-refractivity contribution in [3.8, 4) is 5.75 Å². The average molecular weight is 376 g/mol. The first-order valence-corrected chi connectivity index (χ1v) is 8.52. The number of thioether (sulfide) groups is 1. The smallest absolute Gasteiger partial charge is 0.326 e. The topological polar surface area (TPSA) is 75.6 Å². The molecule has 7 heteroatoms. The molecular formula is C14H18BrNO4S. The van der Waals surface area contributed by atoms with Gasteiger partial charge in [0.05, 0.1) is 4.47 Å². The second-order valence-corrected chi connectivity index (χ2v) is 6.30. The van der Waals surface area contributed by atoms with Gasteiger partial charge < -0.3 is 15.2 Å². The molecule has 1 rings (SSSR count). The molecular weight excluding hydrogens is 358 g/mol. The number of carbonyl (C=O) groups excluding carboxylic acids is 1. The Morgan fingerprint density at radius 2 is 2.19 bits per heavy atom. The number of aryl methyl sites for hydroxylation is 1. The van der Waals surface area contributed by atoms with Crippen LogP contribution in [-0.2, 0) is 9.59 Å². The summed E-state index contributed by atoms with van der Waals surface area (Å²) in [7, 11) is 0. The van der Waals surface area contributed by atoms with Crippen LogP contribution >= 0.6 is 27.7 Å². The number of carboxylic acids is 1. The SMILES string of the molecule is CSCCC(NC(=O)COc1ccc(C)cc1Br)C(=O)O. The third-order valence-corrected chi connectivity index (χ3v) is 3.95. The van der Waals surface area contributed by atoms with E-state index >= 15 is 0 Å². The Morgan fingerprint density at radius 1 is 1.48 bits per heavy atom. The van der Waals surface area contributed by atoms with Crippen molar-refractivity contribution in [2.45, 2.75) is 19.4 Å². The number of aliphatic carboxylic acids is 1. The first-order chi connectivity index (χ1) is 9.93. The zero-order valence-electron chi connectivity index (χ0n) is 11.9. The summed E-state index contributed by atoms with van der Waals surface area (Å²) in [4.78, 5) is 22.8. The Hall–Kier alpha value is -1.21. The number of rotatable bonds is 8. The molecule has 0 spiro atoms. The minimum Gasteiger partial charge on any atom is -0.483 e. The summed E-state index contributed by atoms with van der Waals surface area (Å²) in [6.45, 7) is 1.73. The normalized spacial score (nSPS) is 11.8. The second-order valence-electron chi connectivity index (χ2n) is 4.46. The molecule has 0 radical (unpaired) electrons. The largest absolute Gasteiger partial charge is 0.483 e. The van der Waals surface area contributed by atoms with Gasteiger partial charge in [0.2, 0.25) is 0 Å². The van der Waals surface area contributed by atoms with Crippen molar-refractivity contribution in [2.24, 2.45) is 0 Å². The molecule has 1 amide bonds. The lowest BCUT2D eigenvalue weighted by atomic mass is 10.2. The van der Waals surface area contributed by atoms with Crippen LogP contribution in [0.3, 0.4) is 0 Å². The van der Waals surface area contributed by atoms with Crippen molar-refractivity contribution in [2.75, 3.05) is 18.6 Å². The van der Waals surface area contributed by atoms with E-state index in [9.17, 15) is 9.59 Å². The van der Waals surface area contributed by atoms with Gasteiger partial charge in [-0.3, -0.25) is 4.79 Å². The highest BCUT2D eigenvalue weighted by Gasteiger charge is 2.19. The molecule has 116 valence electrons. The van der Waals surface area contributed by atoms with Crippen LogP contribution < -0.4 is 10.1 Å². The maximum Gasteiger partial charge on any atom is 0.326 e. The Kier molecular flexibility index (Phi) is 7.60. The van der Waals surface area contributed by atoms with E-state index in [0.717, 1.165) is 10.0 Å². The number of amides is 1. The van der Waals surface area contributed by atoms with E-state index in [1.165, 1.54) is 11.8 Å². The summed E-state index contributed by atoms with van der Waals surface area (Å²) in [5.41, 5.74) is 1.07. The van der Waals surface area contributed by atoms with E-state index in [1.807, 2.05) is 25.3 Å². The summed E-state index contributed by atoms with van der Waals surface area (Å²) in [5, 5.41) is 11.5. The van der Waals surface area contributed by atoms with Crippen molar-refractivity contribution in [3.63, 3.8) is 0 Å². The maximum absolute atomic E-state index is 11.8. The quantitative estimate of drug-likeness (QED) is 0.729. The minimum absolute atomic E-state index is 0.218. The molecule has 1 aromatic carbocycles.